The quantitative estimate of drug-likeness (QED) is 0.637. The molecule has 0 aromatic rings. The molecule has 1 rings (SSSR count). The normalized spacial score (nSPS) is 15.6. The Hall–Kier alpha value is -1.76. The molecule has 1 aliphatic heterocycles. The second-order valence-corrected chi connectivity index (χ2v) is 4.65. The lowest BCUT2D eigenvalue weighted by Crippen LogP contribution is -2.46. The zero-order valence-corrected chi connectivity index (χ0v) is 9.86. The Balaban J connectivity index is 2.37. The standard InChI is InChI=1S/C12H16N2O2/c1-12(2,3)16-11(15)14-8-10(9-14)6-4-5-7-13/h4-6H,8-9H2,1-3H3/b5-4+. The summed E-state index contributed by atoms with van der Waals surface area (Å²) in [5, 5.41) is 8.29. The summed E-state index contributed by atoms with van der Waals surface area (Å²) >= 11 is 0. The summed E-state index contributed by atoms with van der Waals surface area (Å²) in [5.41, 5.74) is 0.675. The number of rotatable bonds is 1. The van der Waals surface area contributed by atoms with E-state index in [1.807, 2.05) is 32.9 Å². The van der Waals surface area contributed by atoms with Gasteiger partial charge in [-0.25, -0.2) is 4.79 Å². The first kappa shape index (κ1) is 12.3. The summed E-state index contributed by atoms with van der Waals surface area (Å²) in [6, 6.07) is 1.91. The molecule has 0 spiro atoms. The number of hydrogen-bond acceptors (Lipinski definition) is 3. The molecule has 0 radical (unpaired) electrons. The highest BCUT2D eigenvalue weighted by Gasteiger charge is 2.28. The summed E-state index contributed by atoms with van der Waals surface area (Å²) in [7, 11) is 0. The maximum Gasteiger partial charge on any atom is 0.410 e. The van der Waals surface area contributed by atoms with Gasteiger partial charge in [0.2, 0.25) is 0 Å². The van der Waals surface area contributed by atoms with E-state index in [0.717, 1.165) is 5.57 Å². The summed E-state index contributed by atoms with van der Waals surface area (Å²) < 4.78 is 5.21. The Morgan fingerprint density at radius 3 is 2.62 bits per heavy atom. The maximum absolute atomic E-state index is 11.5. The summed E-state index contributed by atoms with van der Waals surface area (Å²) in [4.78, 5) is 13.1. The van der Waals surface area contributed by atoms with Gasteiger partial charge in [0.05, 0.1) is 6.07 Å². The fourth-order valence-electron chi connectivity index (χ4n) is 1.23. The Morgan fingerprint density at radius 2 is 2.12 bits per heavy atom. The van der Waals surface area contributed by atoms with Crippen molar-refractivity contribution in [2.45, 2.75) is 26.4 Å². The Kier molecular flexibility index (Phi) is 3.73. The third kappa shape index (κ3) is 3.77. The Labute approximate surface area is 95.8 Å². The van der Waals surface area contributed by atoms with Gasteiger partial charge in [-0.05, 0) is 26.3 Å². The van der Waals surface area contributed by atoms with Crippen LogP contribution in [0, 0.1) is 11.3 Å². The molecule has 4 nitrogen and oxygen atoms in total. The Morgan fingerprint density at radius 1 is 1.50 bits per heavy atom. The van der Waals surface area contributed by atoms with Gasteiger partial charge < -0.3 is 9.64 Å². The fourth-order valence-corrected chi connectivity index (χ4v) is 1.23. The van der Waals surface area contributed by atoms with Crippen LogP contribution in [0.4, 0.5) is 4.79 Å². The average molecular weight is 220 g/mol. The van der Waals surface area contributed by atoms with Gasteiger partial charge in [-0.3, -0.25) is 0 Å². The highest BCUT2D eigenvalue weighted by atomic mass is 16.6. The molecule has 0 aliphatic carbocycles. The highest BCUT2D eigenvalue weighted by Crippen LogP contribution is 2.18. The van der Waals surface area contributed by atoms with Crippen LogP contribution in [0.2, 0.25) is 0 Å². The second kappa shape index (κ2) is 4.84. The molecule has 1 heterocycles. The summed E-state index contributed by atoms with van der Waals surface area (Å²) in [5.74, 6) is 0. The van der Waals surface area contributed by atoms with Crippen molar-refractivity contribution in [3.8, 4) is 6.07 Å². The molecule has 0 atom stereocenters. The molecule has 1 amide bonds. The Bertz CT molecular complexity index is 361. The van der Waals surface area contributed by atoms with Crippen molar-refractivity contribution in [3.05, 3.63) is 23.8 Å². The van der Waals surface area contributed by atoms with E-state index in [2.05, 4.69) is 0 Å². The van der Waals surface area contributed by atoms with Gasteiger partial charge in [-0.2, -0.15) is 5.26 Å². The molecule has 16 heavy (non-hydrogen) atoms. The first-order valence-corrected chi connectivity index (χ1v) is 5.14. The third-order valence-corrected chi connectivity index (χ3v) is 1.94. The largest absolute Gasteiger partial charge is 0.444 e. The van der Waals surface area contributed by atoms with E-state index in [9.17, 15) is 4.79 Å². The number of nitriles is 1. The molecule has 0 bridgehead atoms. The predicted octanol–water partition coefficient (Wildman–Crippen LogP) is 2.24. The minimum Gasteiger partial charge on any atom is -0.444 e. The summed E-state index contributed by atoms with van der Waals surface area (Å²) in [6.07, 6.45) is 4.66. The molecule has 1 aliphatic rings. The van der Waals surface area contributed by atoms with Gasteiger partial charge in [0.15, 0.2) is 0 Å². The van der Waals surface area contributed by atoms with Crippen LogP contribution in [0.15, 0.2) is 23.8 Å². The number of carbonyl (C=O) groups excluding carboxylic acids is 1. The van der Waals surface area contributed by atoms with E-state index >= 15 is 0 Å². The first-order valence-electron chi connectivity index (χ1n) is 5.14. The highest BCUT2D eigenvalue weighted by molar-refractivity contribution is 5.70. The minimum absolute atomic E-state index is 0.283. The lowest BCUT2D eigenvalue weighted by atomic mass is 10.1. The van der Waals surface area contributed by atoms with Crippen LogP contribution in [-0.2, 0) is 4.74 Å². The lowest BCUT2D eigenvalue weighted by molar-refractivity contribution is 0.0214. The van der Waals surface area contributed by atoms with Crippen molar-refractivity contribution < 1.29 is 9.53 Å². The number of amides is 1. The molecular weight excluding hydrogens is 204 g/mol. The van der Waals surface area contributed by atoms with Gasteiger partial charge in [0.1, 0.15) is 5.60 Å². The van der Waals surface area contributed by atoms with E-state index in [1.165, 1.54) is 6.08 Å². The van der Waals surface area contributed by atoms with Crippen LogP contribution in [0.3, 0.4) is 0 Å². The second-order valence-electron chi connectivity index (χ2n) is 4.65. The van der Waals surface area contributed by atoms with Crippen molar-refractivity contribution in [2.24, 2.45) is 0 Å². The number of carbonyl (C=O) groups is 1. The van der Waals surface area contributed by atoms with Crippen molar-refractivity contribution >= 4 is 6.09 Å². The van der Waals surface area contributed by atoms with Crippen LogP contribution in [0.25, 0.3) is 0 Å². The zero-order valence-electron chi connectivity index (χ0n) is 9.86. The van der Waals surface area contributed by atoms with E-state index in [1.54, 1.807) is 11.0 Å². The molecular formula is C12H16N2O2. The SMILES string of the molecule is CC(C)(C)OC(=O)N1CC(=C/C=C/C#N)C1. The summed E-state index contributed by atoms with van der Waals surface area (Å²) in [6.45, 7) is 6.71. The number of allylic oxidation sites excluding steroid dienone is 3. The van der Waals surface area contributed by atoms with Crippen LogP contribution < -0.4 is 0 Å². The number of likely N-dealkylation sites (tertiary alicyclic amines) is 1. The van der Waals surface area contributed by atoms with Crippen LogP contribution >= 0.6 is 0 Å². The molecule has 0 aromatic heterocycles. The number of ether oxygens (including phenoxy) is 1. The predicted molar refractivity (Wildman–Crippen MR) is 60.6 cm³/mol. The molecule has 86 valence electrons. The van der Waals surface area contributed by atoms with E-state index in [-0.39, 0.29) is 6.09 Å². The fraction of sp³-hybridized carbons (Fsp3) is 0.500. The van der Waals surface area contributed by atoms with E-state index < -0.39 is 5.60 Å². The minimum atomic E-state index is -0.447. The third-order valence-electron chi connectivity index (χ3n) is 1.94. The van der Waals surface area contributed by atoms with Gasteiger partial charge >= 0.3 is 6.09 Å². The molecule has 1 fully saturated rings. The topological polar surface area (TPSA) is 53.3 Å². The number of nitrogens with zero attached hydrogens (tertiary/aromatic N) is 2. The smallest absolute Gasteiger partial charge is 0.410 e. The van der Waals surface area contributed by atoms with Crippen LogP contribution in [0.1, 0.15) is 20.8 Å². The average Bonchev–Trinajstić information content (AvgIpc) is 2.05. The van der Waals surface area contributed by atoms with E-state index in [4.69, 9.17) is 10.00 Å². The van der Waals surface area contributed by atoms with Gasteiger partial charge in [0.25, 0.3) is 0 Å². The molecule has 0 unspecified atom stereocenters. The van der Waals surface area contributed by atoms with Crippen LogP contribution in [0.5, 0.6) is 0 Å². The first-order chi connectivity index (χ1) is 7.42. The van der Waals surface area contributed by atoms with Crippen LogP contribution in [-0.4, -0.2) is 29.7 Å². The lowest BCUT2D eigenvalue weighted by Gasteiger charge is -2.35. The molecule has 0 saturated carbocycles. The molecule has 0 aromatic carbocycles. The van der Waals surface area contributed by atoms with Crippen molar-refractivity contribution in [3.63, 3.8) is 0 Å². The number of hydrogen-bond donors (Lipinski definition) is 0. The monoisotopic (exact) mass is 220 g/mol. The molecule has 4 heteroatoms. The van der Waals surface area contributed by atoms with Crippen molar-refractivity contribution in [2.75, 3.05) is 13.1 Å². The van der Waals surface area contributed by atoms with Gasteiger partial charge in [-0.15, -0.1) is 0 Å². The molecule has 1 saturated heterocycles. The van der Waals surface area contributed by atoms with E-state index in [0.29, 0.717) is 13.1 Å². The molecule has 0 N–H and O–H groups in total. The van der Waals surface area contributed by atoms with Gasteiger partial charge in [0, 0.05) is 19.2 Å². The van der Waals surface area contributed by atoms with Crippen molar-refractivity contribution in [1.82, 2.24) is 4.90 Å². The van der Waals surface area contributed by atoms with Crippen molar-refractivity contribution in [1.29, 1.82) is 5.26 Å². The van der Waals surface area contributed by atoms with Gasteiger partial charge in [-0.1, -0.05) is 12.2 Å². The zero-order chi connectivity index (χ0) is 12.2. The maximum atomic E-state index is 11.5.